The molecule has 1 aliphatic carbocycles. The van der Waals surface area contributed by atoms with Gasteiger partial charge in [-0.15, -0.1) is 0 Å². The molecule has 9 aromatic rings. The Balaban J connectivity index is 1.13. The molecule has 0 heterocycles. The predicted octanol–water partition coefficient (Wildman–Crippen LogP) is 14.6. The van der Waals surface area contributed by atoms with Crippen LogP contribution in [0.3, 0.4) is 0 Å². The van der Waals surface area contributed by atoms with Gasteiger partial charge in [0.1, 0.15) is 0 Å². The highest BCUT2D eigenvalue weighted by molar-refractivity contribution is 6.22. The molecule has 0 aromatic heterocycles. The zero-order valence-corrected chi connectivity index (χ0v) is 31.2. The van der Waals surface area contributed by atoms with Crippen molar-refractivity contribution in [1.29, 1.82) is 0 Å². The fourth-order valence-corrected chi connectivity index (χ4v) is 8.66. The number of anilines is 1. The summed E-state index contributed by atoms with van der Waals surface area (Å²) in [6, 6.07) is 66.9. The molecule has 0 unspecified atom stereocenters. The summed E-state index contributed by atoms with van der Waals surface area (Å²) in [5.74, 6) is 0. The van der Waals surface area contributed by atoms with Gasteiger partial charge in [0.2, 0.25) is 0 Å². The van der Waals surface area contributed by atoms with Crippen LogP contribution in [0.15, 0.2) is 211 Å². The smallest absolute Gasteiger partial charge is 0.0814 e. The van der Waals surface area contributed by atoms with Crippen LogP contribution in [-0.4, -0.2) is 6.72 Å². The maximum absolute atomic E-state index is 4.40. The minimum Gasteiger partial charge on any atom is -0.339 e. The lowest BCUT2D eigenvalue weighted by molar-refractivity contribution is 0.808. The second-order valence-electron chi connectivity index (χ2n) is 14.7. The van der Waals surface area contributed by atoms with Crippen LogP contribution in [0.4, 0.5) is 5.69 Å². The number of para-hydroxylation sites is 1. The van der Waals surface area contributed by atoms with Crippen LogP contribution < -0.4 is 4.90 Å². The molecular formula is C54H40N2. The third-order valence-corrected chi connectivity index (χ3v) is 11.4. The van der Waals surface area contributed by atoms with E-state index < -0.39 is 0 Å². The topological polar surface area (TPSA) is 15.6 Å². The first-order chi connectivity index (χ1) is 27.7. The lowest BCUT2D eigenvalue weighted by atomic mass is 9.84. The summed E-state index contributed by atoms with van der Waals surface area (Å²) in [5.41, 5.74) is 12.0. The Morgan fingerprint density at radius 3 is 1.64 bits per heavy atom. The Kier molecular flexibility index (Phi) is 8.57. The van der Waals surface area contributed by atoms with Crippen LogP contribution in [0.1, 0.15) is 18.4 Å². The van der Waals surface area contributed by atoms with Crippen molar-refractivity contribution in [2.75, 3.05) is 4.90 Å². The van der Waals surface area contributed by atoms with Crippen molar-refractivity contribution < 1.29 is 0 Å². The third-order valence-electron chi connectivity index (χ3n) is 11.4. The number of benzene rings is 9. The van der Waals surface area contributed by atoms with E-state index in [0.29, 0.717) is 0 Å². The van der Waals surface area contributed by atoms with E-state index in [-0.39, 0.29) is 0 Å². The fourth-order valence-electron chi connectivity index (χ4n) is 8.66. The average Bonchev–Trinajstić information content (AvgIpc) is 3.27. The number of hydrogen-bond donors (Lipinski definition) is 0. The van der Waals surface area contributed by atoms with E-state index in [1.807, 2.05) is 0 Å². The summed E-state index contributed by atoms with van der Waals surface area (Å²) in [6.07, 6.45) is 6.22. The molecule has 0 saturated carbocycles. The van der Waals surface area contributed by atoms with Crippen LogP contribution in [0, 0.1) is 0 Å². The summed E-state index contributed by atoms with van der Waals surface area (Å²) in [4.78, 5) is 6.79. The van der Waals surface area contributed by atoms with Crippen molar-refractivity contribution in [3.05, 3.63) is 211 Å². The number of rotatable bonds is 8. The second-order valence-corrected chi connectivity index (χ2v) is 14.7. The number of nitrogens with zero attached hydrogens (tertiary/aromatic N) is 2. The van der Waals surface area contributed by atoms with Crippen molar-refractivity contribution in [1.82, 2.24) is 0 Å². The predicted molar refractivity (Wildman–Crippen MR) is 240 cm³/mol. The van der Waals surface area contributed by atoms with Gasteiger partial charge in [0.25, 0.3) is 0 Å². The van der Waals surface area contributed by atoms with Gasteiger partial charge >= 0.3 is 0 Å². The maximum atomic E-state index is 4.40. The Hall–Kier alpha value is -7.03. The highest BCUT2D eigenvalue weighted by Crippen LogP contribution is 2.46. The van der Waals surface area contributed by atoms with Gasteiger partial charge in [-0.05, 0) is 138 Å². The van der Waals surface area contributed by atoms with E-state index in [1.54, 1.807) is 0 Å². The largest absolute Gasteiger partial charge is 0.339 e. The summed E-state index contributed by atoms with van der Waals surface area (Å²) < 4.78 is 0. The van der Waals surface area contributed by atoms with Crippen LogP contribution in [0.5, 0.6) is 0 Å². The van der Waals surface area contributed by atoms with Gasteiger partial charge in [-0.1, -0.05) is 158 Å². The van der Waals surface area contributed by atoms with E-state index in [1.165, 1.54) is 87.7 Å². The molecular weight excluding hydrogens is 677 g/mol. The van der Waals surface area contributed by atoms with Crippen LogP contribution in [-0.2, 0) is 6.54 Å². The molecule has 0 saturated heterocycles. The van der Waals surface area contributed by atoms with E-state index >= 15 is 0 Å². The first kappa shape index (κ1) is 33.5. The quantitative estimate of drug-likeness (QED) is 0.113. The van der Waals surface area contributed by atoms with Crippen LogP contribution in [0.2, 0.25) is 0 Å². The molecule has 0 N–H and O–H groups in total. The maximum Gasteiger partial charge on any atom is 0.0814 e. The minimum atomic E-state index is 0.747. The van der Waals surface area contributed by atoms with Gasteiger partial charge in [0.05, 0.1) is 5.70 Å². The number of aliphatic imine (C=N–C) groups is 1. The lowest BCUT2D eigenvalue weighted by Gasteiger charge is -2.30. The van der Waals surface area contributed by atoms with E-state index in [0.717, 1.165) is 30.8 Å². The molecule has 2 heteroatoms. The van der Waals surface area contributed by atoms with Gasteiger partial charge < -0.3 is 4.90 Å². The van der Waals surface area contributed by atoms with Gasteiger partial charge in [0.15, 0.2) is 0 Å². The number of fused-ring (bicyclic) bond motifs is 4. The molecule has 0 bridgehead atoms. The van der Waals surface area contributed by atoms with Crippen molar-refractivity contribution in [2.45, 2.75) is 19.4 Å². The van der Waals surface area contributed by atoms with Gasteiger partial charge in [-0.3, -0.25) is 4.99 Å². The van der Waals surface area contributed by atoms with E-state index in [4.69, 9.17) is 0 Å². The first-order valence-electron chi connectivity index (χ1n) is 19.5. The highest BCUT2D eigenvalue weighted by atomic mass is 15.2. The molecule has 0 amide bonds. The Bertz CT molecular complexity index is 3010. The van der Waals surface area contributed by atoms with Gasteiger partial charge in [-0.2, -0.15) is 0 Å². The second kappa shape index (κ2) is 14.3. The molecule has 0 radical (unpaired) electrons. The number of hydrogen-bond acceptors (Lipinski definition) is 2. The zero-order chi connectivity index (χ0) is 37.4. The van der Waals surface area contributed by atoms with Crippen LogP contribution in [0.25, 0.3) is 76.5 Å². The molecule has 2 nitrogen and oxygen atoms in total. The average molecular weight is 717 g/mol. The van der Waals surface area contributed by atoms with Crippen LogP contribution >= 0.6 is 0 Å². The third kappa shape index (κ3) is 6.06. The number of allylic oxidation sites excluding steroid dienone is 3. The zero-order valence-electron chi connectivity index (χ0n) is 31.2. The van der Waals surface area contributed by atoms with Crippen molar-refractivity contribution in [2.24, 2.45) is 4.99 Å². The fraction of sp³-hybridized carbons (Fsp3) is 0.0556. The first-order valence-corrected chi connectivity index (χ1v) is 19.5. The molecule has 0 aliphatic heterocycles. The molecule has 0 fully saturated rings. The normalized spacial score (nSPS) is 12.9. The molecule has 0 spiro atoms. The summed E-state index contributed by atoms with van der Waals surface area (Å²) >= 11 is 0. The molecule has 1 aliphatic rings. The minimum absolute atomic E-state index is 0.747. The Morgan fingerprint density at radius 2 is 1.00 bits per heavy atom. The van der Waals surface area contributed by atoms with Crippen molar-refractivity contribution in [3.8, 4) is 33.4 Å². The van der Waals surface area contributed by atoms with Gasteiger partial charge in [-0.25, -0.2) is 0 Å². The summed E-state index contributed by atoms with van der Waals surface area (Å²) in [6.45, 7) is 4.64. The Morgan fingerprint density at radius 1 is 0.464 bits per heavy atom. The monoisotopic (exact) mass is 716 g/mol. The van der Waals surface area contributed by atoms with Crippen molar-refractivity contribution >= 4 is 55.5 Å². The van der Waals surface area contributed by atoms with E-state index in [9.17, 15) is 0 Å². The standard InChI is InChI=1S/C54H40N2/c1-55-51-21-11-12-22-52(51)56(46-17-3-2-4-18-46)36-37-23-25-40(26-24-37)43-31-32-49-50(35-43)54(45-30-28-39-14-6-8-16-42(39)34-45)48-20-10-9-19-47(48)53(49)44-29-27-38-13-5-7-15-41(38)33-44/h2-11,13-21,23-35H,1,12,22,36H2. The summed E-state index contributed by atoms with van der Waals surface area (Å²) in [7, 11) is 0. The molecule has 9 aromatic carbocycles. The molecule has 56 heavy (non-hydrogen) atoms. The van der Waals surface area contributed by atoms with E-state index in [2.05, 4.69) is 211 Å². The van der Waals surface area contributed by atoms with Crippen molar-refractivity contribution in [3.63, 3.8) is 0 Å². The van der Waals surface area contributed by atoms with Gasteiger partial charge in [0, 0.05) is 17.9 Å². The summed E-state index contributed by atoms with van der Waals surface area (Å²) in [5, 5.41) is 10.0. The molecule has 266 valence electrons. The SMILES string of the molecule is C=NC1=C(N(Cc2ccc(-c3ccc4c(-c5ccc6ccccc6c5)c5ccccc5c(-c5ccc6ccccc6c5)c4c3)cc2)c2ccccc2)CCC=C1. The molecule has 0 atom stereocenters. The Labute approximate surface area is 328 Å². The lowest BCUT2D eigenvalue weighted by Crippen LogP contribution is -2.24. The molecule has 10 rings (SSSR count). The highest BCUT2D eigenvalue weighted by Gasteiger charge is 2.20.